The zero-order valence-corrected chi connectivity index (χ0v) is 7.62. The maximum absolute atomic E-state index is 10.6. The van der Waals surface area contributed by atoms with Gasteiger partial charge in [0.05, 0.1) is 0 Å². The Bertz CT molecular complexity index is 316. The first-order chi connectivity index (χ1) is 6.27. The third kappa shape index (κ3) is 2.51. The van der Waals surface area contributed by atoms with Gasteiger partial charge in [0, 0.05) is 12.0 Å². The summed E-state index contributed by atoms with van der Waals surface area (Å²) in [5.74, 6) is 0. The van der Waals surface area contributed by atoms with Gasteiger partial charge in [0.2, 0.25) is 0 Å². The van der Waals surface area contributed by atoms with Gasteiger partial charge in [-0.15, -0.1) is 0 Å². The molecule has 1 aromatic carbocycles. The van der Waals surface area contributed by atoms with Crippen molar-refractivity contribution in [3.05, 3.63) is 34.9 Å². The maximum atomic E-state index is 10.6. The number of aryl methyl sites for hydroxylation is 2. The molecule has 0 amide bonds. The first-order valence-electron chi connectivity index (χ1n) is 4.26. The minimum Gasteiger partial charge on any atom is -0.303 e. The van der Waals surface area contributed by atoms with Crippen molar-refractivity contribution in [2.45, 2.75) is 19.8 Å². The third-order valence-corrected chi connectivity index (χ3v) is 1.96. The molecule has 2 heteroatoms. The average Bonchev–Trinajstić information content (AvgIpc) is 2.15. The first-order valence-corrected chi connectivity index (χ1v) is 4.26. The molecule has 0 aromatic heterocycles. The molecule has 0 atom stereocenters. The monoisotopic (exact) mass is 176 g/mol. The molecule has 0 N–H and O–H groups in total. The maximum Gasteiger partial charge on any atom is 0.150 e. The van der Waals surface area contributed by atoms with Crippen molar-refractivity contribution in [2.75, 3.05) is 0 Å². The third-order valence-electron chi connectivity index (χ3n) is 1.96. The fourth-order valence-electron chi connectivity index (χ4n) is 1.28. The lowest BCUT2D eigenvalue weighted by Gasteiger charge is -2.03. The minimum atomic E-state index is 0.476. The molecule has 13 heavy (non-hydrogen) atoms. The fraction of sp³-hybridized carbons (Fsp3) is 0.273. The van der Waals surface area contributed by atoms with Gasteiger partial charge in [-0.2, -0.15) is 0 Å². The summed E-state index contributed by atoms with van der Waals surface area (Å²) in [6.07, 6.45) is 2.83. The van der Waals surface area contributed by atoms with E-state index in [9.17, 15) is 9.59 Å². The summed E-state index contributed by atoms with van der Waals surface area (Å²) in [5.41, 5.74) is 2.76. The molecule has 1 aromatic rings. The number of carbonyl (C=O) groups is 2. The molecular weight excluding hydrogens is 164 g/mol. The van der Waals surface area contributed by atoms with Crippen LogP contribution in [-0.2, 0) is 11.2 Å². The second-order valence-electron chi connectivity index (χ2n) is 3.03. The standard InChI is InChI=1S/C11H12O2/c1-9-4-5-11(8-13)10(7-9)3-2-6-12/h4-8H,2-3H2,1H3. The second kappa shape index (κ2) is 4.55. The van der Waals surface area contributed by atoms with Gasteiger partial charge in [-0.1, -0.05) is 23.8 Å². The van der Waals surface area contributed by atoms with Gasteiger partial charge in [-0.25, -0.2) is 0 Å². The van der Waals surface area contributed by atoms with Crippen LogP contribution in [0.1, 0.15) is 27.9 Å². The summed E-state index contributed by atoms with van der Waals surface area (Å²) in [6, 6.07) is 5.64. The quantitative estimate of drug-likeness (QED) is 0.657. The highest BCUT2D eigenvalue weighted by molar-refractivity contribution is 5.77. The fourth-order valence-corrected chi connectivity index (χ4v) is 1.28. The van der Waals surface area contributed by atoms with Crippen molar-refractivity contribution in [3.8, 4) is 0 Å². The molecule has 0 spiro atoms. The van der Waals surface area contributed by atoms with E-state index in [2.05, 4.69) is 0 Å². The van der Waals surface area contributed by atoms with Gasteiger partial charge >= 0.3 is 0 Å². The lowest BCUT2D eigenvalue weighted by molar-refractivity contribution is -0.107. The van der Waals surface area contributed by atoms with E-state index in [1.54, 1.807) is 6.07 Å². The molecule has 2 nitrogen and oxygen atoms in total. The molecule has 0 unspecified atom stereocenters. The predicted molar refractivity (Wildman–Crippen MR) is 51.0 cm³/mol. The number of aldehydes is 2. The second-order valence-corrected chi connectivity index (χ2v) is 3.03. The Morgan fingerprint density at radius 1 is 1.31 bits per heavy atom. The summed E-state index contributed by atoms with van der Waals surface area (Å²) < 4.78 is 0. The largest absolute Gasteiger partial charge is 0.303 e. The first kappa shape index (κ1) is 9.65. The van der Waals surface area contributed by atoms with Crippen molar-refractivity contribution in [3.63, 3.8) is 0 Å². The van der Waals surface area contributed by atoms with Crippen LogP contribution in [0.4, 0.5) is 0 Å². The van der Waals surface area contributed by atoms with Crippen molar-refractivity contribution < 1.29 is 9.59 Å². The molecule has 0 bridgehead atoms. The van der Waals surface area contributed by atoms with E-state index in [-0.39, 0.29) is 0 Å². The zero-order chi connectivity index (χ0) is 9.68. The van der Waals surface area contributed by atoms with Gasteiger partial charge in [0.15, 0.2) is 0 Å². The normalized spacial score (nSPS) is 9.62. The van der Waals surface area contributed by atoms with Gasteiger partial charge in [-0.05, 0) is 18.9 Å². The Morgan fingerprint density at radius 2 is 2.08 bits per heavy atom. The molecule has 0 heterocycles. The lowest BCUT2D eigenvalue weighted by Crippen LogP contribution is -1.94. The van der Waals surface area contributed by atoms with E-state index in [1.807, 2.05) is 19.1 Å². The van der Waals surface area contributed by atoms with Crippen LogP contribution in [0.3, 0.4) is 0 Å². The van der Waals surface area contributed by atoms with Crippen LogP contribution in [0.5, 0.6) is 0 Å². The van der Waals surface area contributed by atoms with E-state index < -0.39 is 0 Å². The smallest absolute Gasteiger partial charge is 0.150 e. The summed E-state index contributed by atoms with van der Waals surface area (Å²) in [5, 5.41) is 0. The molecular formula is C11H12O2. The molecule has 0 fully saturated rings. The van der Waals surface area contributed by atoms with Gasteiger partial charge in [-0.3, -0.25) is 4.79 Å². The van der Waals surface area contributed by atoms with E-state index >= 15 is 0 Å². The molecule has 0 aliphatic heterocycles. The van der Waals surface area contributed by atoms with Crippen LogP contribution >= 0.6 is 0 Å². The topological polar surface area (TPSA) is 34.1 Å². The van der Waals surface area contributed by atoms with Crippen molar-refractivity contribution in [1.82, 2.24) is 0 Å². The van der Waals surface area contributed by atoms with E-state index in [1.165, 1.54) is 0 Å². The predicted octanol–water partition coefficient (Wildman–Crippen LogP) is 1.94. The van der Waals surface area contributed by atoms with Crippen LogP contribution in [0.15, 0.2) is 18.2 Å². The molecule has 0 saturated heterocycles. The SMILES string of the molecule is Cc1ccc(C=O)c(CCC=O)c1. The van der Waals surface area contributed by atoms with Crippen LogP contribution in [0.25, 0.3) is 0 Å². The molecule has 68 valence electrons. The van der Waals surface area contributed by atoms with Crippen molar-refractivity contribution in [1.29, 1.82) is 0 Å². The Balaban J connectivity index is 2.93. The summed E-state index contributed by atoms with van der Waals surface area (Å²) in [4.78, 5) is 20.8. The highest BCUT2D eigenvalue weighted by atomic mass is 16.1. The minimum absolute atomic E-state index is 0.476. The van der Waals surface area contributed by atoms with Crippen molar-refractivity contribution >= 4 is 12.6 Å². The van der Waals surface area contributed by atoms with Crippen LogP contribution in [-0.4, -0.2) is 12.6 Å². The Morgan fingerprint density at radius 3 is 2.69 bits per heavy atom. The molecule has 0 aliphatic rings. The van der Waals surface area contributed by atoms with Gasteiger partial charge < -0.3 is 4.79 Å². The van der Waals surface area contributed by atoms with Gasteiger partial charge in [0.1, 0.15) is 12.6 Å². The lowest BCUT2D eigenvalue weighted by atomic mass is 10.0. The highest BCUT2D eigenvalue weighted by Crippen LogP contribution is 2.11. The number of hydrogen-bond donors (Lipinski definition) is 0. The molecule has 1 rings (SSSR count). The average molecular weight is 176 g/mol. The number of benzene rings is 1. The van der Waals surface area contributed by atoms with Crippen molar-refractivity contribution in [2.24, 2.45) is 0 Å². The highest BCUT2D eigenvalue weighted by Gasteiger charge is 2.00. The Labute approximate surface area is 77.6 Å². The Hall–Kier alpha value is -1.44. The summed E-state index contributed by atoms with van der Waals surface area (Å²) in [7, 11) is 0. The zero-order valence-electron chi connectivity index (χ0n) is 7.62. The van der Waals surface area contributed by atoms with E-state index in [4.69, 9.17) is 0 Å². The molecule has 0 saturated carbocycles. The van der Waals surface area contributed by atoms with Crippen LogP contribution < -0.4 is 0 Å². The number of carbonyl (C=O) groups excluding carboxylic acids is 2. The molecule has 0 radical (unpaired) electrons. The summed E-state index contributed by atoms with van der Waals surface area (Å²) >= 11 is 0. The summed E-state index contributed by atoms with van der Waals surface area (Å²) in [6.45, 7) is 1.97. The van der Waals surface area contributed by atoms with Gasteiger partial charge in [0.25, 0.3) is 0 Å². The molecule has 0 aliphatic carbocycles. The van der Waals surface area contributed by atoms with E-state index in [0.717, 1.165) is 23.7 Å². The van der Waals surface area contributed by atoms with E-state index in [0.29, 0.717) is 18.4 Å². The Kier molecular flexibility index (Phi) is 3.38. The van der Waals surface area contributed by atoms with Crippen LogP contribution in [0, 0.1) is 6.92 Å². The number of rotatable bonds is 4. The van der Waals surface area contributed by atoms with Crippen LogP contribution in [0.2, 0.25) is 0 Å². The number of hydrogen-bond acceptors (Lipinski definition) is 2.